The van der Waals surface area contributed by atoms with Gasteiger partial charge < -0.3 is 10.6 Å². The van der Waals surface area contributed by atoms with Crippen LogP contribution in [0.4, 0.5) is 0 Å². The Morgan fingerprint density at radius 1 is 1.18 bits per heavy atom. The molecule has 0 aromatic rings. The zero-order valence-corrected chi connectivity index (χ0v) is 11.2. The molecule has 0 aliphatic heterocycles. The first kappa shape index (κ1) is 12.9. The van der Waals surface area contributed by atoms with E-state index in [-0.39, 0.29) is 12.0 Å². The fourth-order valence-corrected chi connectivity index (χ4v) is 3.34. The summed E-state index contributed by atoms with van der Waals surface area (Å²) in [7, 11) is 1.99. The number of amides is 1. The molecule has 0 saturated heterocycles. The molecule has 2 fully saturated rings. The number of carbonyl (C=O) groups is 1. The minimum absolute atomic E-state index is 0.187. The van der Waals surface area contributed by atoms with Crippen molar-refractivity contribution in [3.63, 3.8) is 0 Å². The van der Waals surface area contributed by atoms with Crippen LogP contribution in [0.1, 0.15) is 51.9 Å². The number of rotatable bonds is 2. The van der Waals surface area contributed by atoms with Gasteiger partial charge in [-0.2, -0.15) is 0 Å². The van der Waals surface area contributed by atoms with Gasteiger partial charge in [0.05, 0.1) is 0 Å². The average molecular weight is 238 g/mol. The fourth-order valence-electron chi connectivity index (χ4n) is 3.34. The highest BCUT2D eigenvalue weighted by Crippen LogP contribution is 2.31. The first-order valence-corrected chi connectivity index (χ1v) is 7.12. The Bertz CT molecular complexity index is 273. The van der Waals surface area contributed by atoms with Gasteiger partial charge in [0.25, 0.3) is 0 Å². The van der Waals surface area contributed by atoms with Gasteiger partial charge in [0.15, 0.2) is 0 Å². The molecule has 2 aliphatic carbocycles. The summed E-state index contributed by atoms with van der Waals surface area (Å²) in [5.74, 6) is 1.11. The summed E-state index contributed by atoms with van der Waals surface area (Å²) < 4.78 is 0. The standard InChI is InChI=1S/C14H26N2O/c1-10-7-8-11(9-13(10)15)14(17)16(2)12-5-3-4-6-12/h10-13H,3-9,15H2,1-2H3. The van der Waals surface area contributed by atoms with Gasteiger partial charge in [0, 0.05) is 25.0 Å². The Morgan fingerprint density at radius 2 is 1.82 bits per heavy atom. The van der Waals surface area contributed by atoms with Gasteiger partial charge >= 0.3 is 0 Å². The molecule has 1 amide bonds. The molecule has 3 nitrogen and oxygen atoms in total. The van der Waals surface area contributed by atoms with Crippen molar-refractivity contribution < 1.29 is 4.79 Å². The number of carbonyl (C=O) groups excluding carboxylic acids is 1. The van der Waals surface area contributed by atoms with Crippen LogP contribution in [-0.2, 0) is 4.79 Å². The van der Waals surface area contributed by atoms with Crippen molar-refractivity contribution in [3.05, 3.63) is 0 Å². The van der Waals surface area contributed by atoms with E-state index >= 15 is 0 Å². The van der Waals surface area contributed by atoms with E-state index in [2.05, 4.69) is 6.92 Å². The lowest BCUT2D eigenvalue weighted by atomic mass is 9.79. The quantitative estimate of drug-likeness (QED) is 0.801. The highest BCUT2D eigenvalue weighted by atomic mass is 16.2. The molecule has 17 heavy (non-hydrogen) atoms. The molecule has 0 bridgehead atoms. The van der Waals surface area contributed by atoms with Gasteiger partial charge in [-0.25, -0.2) is 0 Å². The summed E-state index contributed by atoms with van der Waals surface area (Å²) in [6, 6.07) is 0.716. The number of hydrogen-bond donors (Lipinski definition) is 1. The van der Waals surface area contributed by atoms with Crippen molar-refractivity contribution in [1.82, 2.24) is 4.90 Å². The summed E-state index contributed by atoms with van der Waals surface area (Å²) in [6.45, 7) is 2.20. The predicted molar refractivity (Wildman–Crippen MR) is 69.5 cm³/mol. The minimum Gasteiger partial charge on any atom is -0.343 e. The van der Waals surface area contributed by atoms with Gasteiger partial charge in [-0.1, -0.05) is 19.8 Å². The zero-order chi connectivity index (χ0) is 12.4. The van der Waals surface area contributed by atoms with E-state index in [1.54, 1.807) is 0 Å². The number of nitrogens with two attached hydrogens (primary N) is 1. The van der Waals surface area contributed by atoms with Gasteiger partial charge in [-0.3, -0.25) is 4.79 Å². The lowest BCUT2D eigenvalue weighted by Crippen LogP contribution is -2.44. The molecule has 2 saturated carbocycles. The highest BCUT2D eigenvalue weighted by molar-refractivity contribution is 5.79. The third kappa shape index (κ3) is 2.82. The first-order chi connectivity index (χ1) is 8.09. The lowest BCUT2D eigenvalue weighted by molar-refractivity contribution is -0.137. The van der Waals surface area contributed by atoms with Crippen molar-refractivity contribution in [2.45, 2.75) is 64.0 Å². The van der Waals surface area contributed by atoms with Crippen LogP contribution < -0.4 is 5.73 Å². The van der Waals surface area contributed by atoms with E-state index in [1.807, 2.05) is 11.9 Å². The Kier molecular flexibility index (Phi) is 4.08. The van der Waals surface area contributed by atoms with Crippen LogP contribution in [-0.4, -0.2) is 29.9 Å². The SMILES string of the molecule is CC1CCC(C(=O)N(C)C2CCCC2)CC1N. The third-order valence-corrected chi connectivity index (χ3v) is 4.83. The van der Waals surface area contributed by atoms with Crippen LogP contribution in [0.3, 0.4) is 0 Å². The molecular formula is C14H26N2O. The molecule has 2 N–H and O–H groups in total. The van der Waals surface area contributed by atoms with E-state index in [0.29, 0.717) is 17.9 Å². The van der Waals surface area contributed by atoms with E-state index < -0.39 is 0 Å². The second-order valence-corrected chi connectivity index (χ2v) is 6.04. The third-order valence-electron chi connectivity index (χ3n) is 4.83. The highest BCUT2D eigenvalue weighted by Gasteiger charge is 2.33. The van der Waals surface area contributed by atoms with E-state index in [4.69, 9.17) is 5.73 Å². The van der Waals surface area contributed by atoms with Gasteiger partial charge in [-0.15, -0.1) is 0 Å². The van der Waals surface area contributed by atoms with E-state index in [0.717, 1.165) is 19.3 Å². The maximum atomic E-state index is 12.4. The van der Waals surface area contributed by atoms with Crippen molar-refractivity contribution in [1.29, 1.82) is 0 Å². The Morgan fingerprint density at radius 3 is 2.41 bits per heavy atom. The Balaban J connectivity index is 1.90. The molecular weight excluding hydrogens is 212 g/mol. The van der Waals surface area contributed by atoms with Crippen molar-refractivity contribution in [2.75, 3.05) is 7.05 Å². The van der Waals surface area contributed by atoms with Crippen molar-refractivity contribution in [3.8, 4) is 0 Å². The topological polar surface area (TPSA) is 46.3 Å². The van der Waals surface area contributed by atoms with Crippen LogP contribution >= 0.6 is 0 Å². The summed E-state index contributed by atoms with van der Waals surface area (Å²) in [5.41, 5.74) is 6.09. The van der Waals surface area contributed by atoms with Crippen LogP contribution in [0.15, 0.2) is 0 Å². The summed E-state index contributed by atoms with van der Waals surface area (Å²) in [5, 5.41) is 0. The second kappa shape index (κ2) is 5.38. The van der Waals surface area contributed by atoms with Gasteiger partial charge in [-0.05, 0) is 38.0 Å². The summed E-state index contributed by atoms with van der Waals surface area (Å²) >= 11 is 0. The molecule has 3 atom stereocenters. The monoisotopic (exact) mass is 238 g/mol. The molecule has 0 radical (unpaired) electrons. The lowest BCUT2D eigenvalue weighted by Gasteiger charge is -2.35. The van der Waals surface area contributed by atoms with Crippen LogP contribution in [0.25, 0.3) is 0 Å². The minimum atomic E-state index is 0.187. The molecule has 3 unspecified atom stereocenters. The van der Waals surface area contributed by atoms with Gasteiger partial charge in [0.1, 0.15) is 0 Å². The molecule has 2 rings (SSSR count). The van der Waals surface area contributed by atoms with Crippen molar-refractivity contribution in [2.24, 2.45) is 17.6 Å². The fraction of sp³-hybridized carbons (Fsp3) is 0.929. The summed E-state index contributed by atoms with van der Waals surface area (Å²) in [6.07, 6.45) is 7.97. The first-order valence-electron chi connectivity index (χ1n) is 7.12. The molecule has 0 aromatic carbocycles. The largest absolute Gasteiger partial charge is 0.343 e. The molecule has 2 aliphatic rings. The van der Waals surface area contributed by atoms with E-state index in [1.165, 1.54) is 25.7 Å². The smallest absolute Gasteiger partial charge is 0.225 e. The van der Waals surface area contributed by atoms with Crippen LogP contribution in [0, 0.1) is 11.8 Å². The average Bonchev–Trinajstić information content (AvgIpc) is 2.84. The van der Waals surface area contributed by atoms with Crippen molar-refractivity contribution >= 4 is 5.91 Å². The zero-order valence-electron chi connectivity index (χ0n) is 11.2. The molecule has 0 aromatic heterocycles. The van der Waals surface area contributed by atoms with Crippen LogP contribution in [0.2, 0.25) is 0 Å². The maximum absolute atomic E-state index is 12.4. The normalized spacial score (nSPS) is 34.9. The maximum Gasteiger partial charge on any atom is 0.225 e. The molecule has 3 heteroatoms. The molecule has 0 spiro atoms. The van der Waals surface area contributed by atoms with E-state index in [9.17, 15) is 4.79 Å². The predicted octanol–water partition coefficient (Wildman–Crippen LogP) is 2.15. The second-order valence-electron chi connectivity index (χ2n) is 6.04. The molecule has 0 heterocycles. The molecule has 98 valence electrons. The Hall–Kier alpha value is -0.570. The number of nitrogens with zero attached hydrogens (tertiary/aromatic N) is 1. The van der Waals surface area contributed by atoms with Crippen LogP contribution in [0.5, 0.6) is 0 Å². The van der Waals surface area contributed by atoms with Gasteiger partial charge in [0.2, 0.25) is 5.91 Å². The number of hydrogen-bond acceptors (Lipinski definition) is 2. The Labute approximate surface area is 105 Å². The summed E-state index contributed by atoms with van der Waals surface area (Å²) in [4.78, 5) is 14.4.